The Kier molecular flexibility index (Phi) is 6.32. The van der Waals surface area contributed by atoms with E-state index in [1.807, 2.05) is 44.2 Å². The summed E-state index contributed by atoms with van der Waals surface area (Å²) in [6.07, 6.45) is 0. The number of carboxylic acid groups (broad SMARTS) is 1. The summed E-state index contributed by atoms with van der Waals surface area (Å²) in [5.41, 5.74) is 8.63. The second-order valence-electron chi connectivity index (χ2n) is 7.54. The molecule has 0 aliphatic carbocycles. The van der Waals surface area contributed by atoms with Gasteiger partial charge in [-0.15, -0.1) is 0 Å². The Hall–Kier alpha value is -3.45. The van der Waals surface area contributed by atoms with Gasteiger partial charge in [-0.25, -0.2) is 0 Å². The van der Waals surface area contributed by atoms with Crippen LogP contribution in [0.15, 0.2) is 53.3 Å². The third-order valence-electron chi connectivity index (χ3n) is 4.84. The summed E-state index contributed by atoms with van der Waals surface area (Å²) in [6, 6.07) is 14.4. The molecule has 1 aromatic heterocycles. The first-order chi connectivity index (χ1) is 14.3. The number of hydrogen-bond acceptors (Lipinski definition) is 4. The molecule has 0 aliphatic rings. The average Bonchev–Trinajstić information content (AvgIpc) is 2.73. The number of nitrogens with two attached hydrogens (primary N) is 1. The lowest BCUT2D eigenvalue weighted by atomic mass is 9.95. The van der Waals surface area contributed by atoms with Crippen molar-refractivity contribution in [2.45, 2.75) is 26.9 Å². The minimum Gasteiger partial charge on any atom is -0.480 e. The van der Waals surface area contributed by atoms with E-state index >= 15 is 0 Å². The number of carboxylic acids is 1. The van der Waals surface area contributed by atoms with E-state index in [9.17, 15) is 14.4 Å². The highest BCUT2D eigenvalue weighted by molar-refractivity contribution is 6.04. The summed E-state index contributed by atoms with van der Waals surface area (Å²) in [6.45, 7) is 4.29. The Labute approximate surface area is 174 Å². The molecule has 30 heavy (non-hydrogen) atoms. The maximum atomic E-state index is 13.3. The Bertz CT molecular complexity index is 1150. The van der Waals surface area contributed by atoms with Gasteiger partial charge < -0.3 is 20.7 Å². The summed E-state index contributed by atoms with van der Waals surface area (Å²) in [7, 11) is 0. The van der Waals surface area contributed by atoms with E-state index in [-0.39, 0.29) is 23.6 Å². The van der Waals surface area contributed by atoms with Gasteiger partial charge in [0.1, 0.15) is 6.54 Å². The lowest BCUT2D eigenvalue weighted by Crippen LogP contribution is -2.30. The fourth-order valence-corrected chi connectivity index (χ4v) is 3.59. The van der Waals surface area contributed by atoms with E-state index in [0.717, 1.165) is 11.1 Å². The van der Waals surface area contributed by atoms with E-state index in [1.54, 1.807) is 16.7 Å². The number of rotatable bonds is 7. The summed E-state index contributed by atoms with van der Waals surface area (Å²) in [4.78, 5) is 36.4. The van der Waals surface area contributed by atoms with Gasteiger partial charge in [0.15, 0.2) is 0 Å². The minimum absolute atomic E-state index is 0.156. The number of hydrogen-bond donors (Lipinski definition) is 3. The quantitative estimate of drug-likeness (QED) is 0.557. The maximum absolute atomic E-state index is 13.3. The van der Waals surface area contributed by atoms with Crippen molar-refractivity contribution in [1.29, 1.82) is 0 Å². The topological polar surface area (TPSA) is 114 Å². The normalized spacial score (nSPS) is 11.1. The SMILES string of the molecule is CC(C)Cn1c(CN)c(-c2ccccc2)c2cc(C(=O)NCC(=O)O)ccc2c1=O. The number of benzene rings is 2. The van der Waals surface area contributed by atoms with Gasteiger partial charge >= 0.3 is 5.97 Å². The Morgan fingerprint density at radius 1 is 1.10 bits per heavy atom. The maximum Gasteiger partial charge on any atom is 0.322 e. The number of aliphatic carboxylic acids is 1. The number of nitrogens with one attached hydrogen (secondary N) is 1. The molecule has 4 N–H and O–H groups in total. The molecule has 7 heteroatoms. The van der Waals surface area contributed by atoms with Crippen LogP contribution in [0.2, 0.25) is 0 Å². The Morgan fingerprint density at radius 2 is 1.80 bits per heavy atom. The molecule has 3 rings (SSSR count). The zero-order valence-electron chi connectivity index (χ0n) is 17.0. The van der Waals surface area contributed by atoms with Gasteiger partial charge in [-0.1, -0.05) is 44.2 Å². The molecule has 2 aromatic carbocycles. The van der Waals surface area contributed by atoms with Crippen LogP contribution in [0.5, 0.6) is 0 Å². The molecule has 7 nitrogen and oxygen atoms in total. The van der Waals surface area contributed by atoms with Crippen LogP contribution in [-0.2, 0) is 17.9 Å². The average molecular weight is 407 g/mol. The molecule has 0 saturated heterocycles. The molecule has 0 fully saturated rings. The number of carbonyl (C=O) groups excluding carboxylic acids is 1. The first-order valence-electron chi connectivity index (χ1n) is 9.78. The van der Waals surface area contributed by atoms with Crippen LogP contribution in [0.3, 0.4) is 0 Å². The Morgan fingerprint density at radius 3 is 2.40 bits per heavy atom. The van der Waals surface area contributed by atoms with Gasteiger partial charge in [-0.05, 0) is 35.1 Å². The van der Waals surface area contributed by atoms with Crippen LogP contribution in [0.1, 0.15) is 29.9 Å². The van der Waals surface area contributed by atoms with Crippen molar-refractivity contribution < 1.29 is 14.7 Å². The van der Waals surface area contributed by atoms with Crippen molar-refractivity contribution in [2.75, 3.05) is 6.54 Å². The van der Waals surface area contributed by atoms with Gasteiger partial charge in [0, 0.05) is 35.3 Å². The lowest BCUT2D eigenvalue weighted by Gasteiger charge is -2.21. The smallest absolute Gasteiger partial charge is 0.322 e. The number of amides is 1. The van der Waals surface area contributed by atoms with Gasteiger partial charge in [0.25, 0.3) is 11.5 Å². The van der Waals surface area contributed by atoms with E-state index < -0.39 is 18.4 Å². The molecular weight excluding hydrogens is 382 g/mol. The van der Waals surface area contributed by atoms with Crippen LogP contribution in [0, 0.1) is 5.92 Å². The zero-order valence-corrected chi connectivity index (χ0v) is 17.0. The van der Waals surface area contributed by atoms with Crippen LogP contribution >= 0.6 is 0 Å². The second kappa shape index (κ2) is 8.92. The van der Waals surface area contributed by atoms with E-state index in [4.69, 9.17) is 10.8 Å². The molecule has 1 heterocycles. The van der Waals surface area contributed by atoms with Crippen molar-refractivity contribution in [3.8, 4) is 11.1 Å². The van der Waals surface area contributed by atoms with Crippen molar-refractivity contribution in [3.63, 3.8) is 0 Å². The Balaban J connectivity index is 2.31. The molecular formula is C23H25N3O4. The summed E-state index contributed by atoms with van der Waals surface area (Å²) in [5.74, 6) is -1.40. The number of fused-ring (bicyclic) bond motifs is 1. The largest absolute Gasteiger partial charge is 0.480 e. The second-order valence-corrected chi connectivity index (χ2v) is 7.54. The van der Waals surface area contributed by atoms with Gasteiger partial charge in [0.05, 0.1) is 0 Å². The minimum atomic E-state index is -1.13. The van der Waals surface area contributed by atoms with Gasteiger partial charge in [-0.2, -0.15) is 0 Å². The first-order valence-corrected chi connectivity index (χ1v) is 9.78. The standard InChI is InChI=1S/C23H25N3O4/c1-14(2)13-26-19(11-24)21(15-6-4-3-5-7-15)18-10-16(8-9-17(18)23(26)30)22(29)25-12-20(27)28/h3-10,14H,11-13,24H2,1-2H3,(H,25,29)(H,27,28). The zero-order chi connectivity index (χ0) is 21.8. The molecule has 0 unspecified atom stereocenters. The number of carbonyl (C=O) groups is 2. The summed E-state index contributed by atoms with van der Waals surface area (Å²) >= 11 is 0. The lowest BCUT2D eigenvalue weighted by molar-refractivity contribution is -0.135. The van der Waals surface area contributed by atoms with Crippen LogP contribution in [-0.4, -0.2) is 28.1 Å². The third-order valence-corrected chi connectivity index (χ3v) is 4.84. The molecule has 3 aromatic rings. The summed E-state index contributed by atoms with van der Waals surface area (Å²) in [5, 5.41) is 12.3. The number of pyridine rings is 1. The fraction of sp³-hybridized carbons (Fsp3) is 0.261. The number of aromatic nitrogens is 1. The molecule has 0 radical (unpaired) electrons. The first kappa shape index (κ1) is 21.3. The monoisotopic (exact) mass is 407 g/mol. The highest BCUT2D eigenvalue weighted by Crippen LogP contribution is 2.31. The van der Waals surface area contributed by atoms with Crippen LogP contribution in [0.25, 0.3) is 21.9 Å². The number of nitrogens with zero attached hydrogens (tertiary/aromatic N) is 1. The van der Waals surface area contributed by atoms with Crippen molar-refractivity contribution in [3.05, 3.63) is 70.1 Å². The van der Waals surface area contributed by atoms with Crippen molar-refractivity contribution in [2.24, 2.45) is 11.7 Å². The molecule has 0 bridgehead atoms. The van der Waals surface area contributed by atoms with Crippen LogP contribution in [0.4, 0.5) is 0 Å². The van der Waals surface area contributed by atoms with Gasteiger partial charge in [-0.3, -0.25) is 14.4 Å². The third kappa shape index (κ3) is 4.26. The molecule has 0 spiro atoms. The summed E-state index contributed by atoms with van der Waals surface area (Å²) < 4.78 is 1.72. The molecule has 0 atom stereocenters. The molecule has 0 saturated carbocycles. The highest BCUT2D eigenvalue weighted by atomic mass is 16.4. The predicted octanol–water partition coefficient (Wildman–Crippen LogP) is 2.60. The van der Waals surface area contributed by atoms with Gasteiger partial charge in [0.2, 0.25) is 0 Å². The highest BCUT2D eigenvalue weighted by Gasteiger charge is 2.19. The van der Waals surface area contributed by atoms with Crippen molar-refractivity contribution in [1.82, 2.24) is 9.88 Å². The molecule has 0 aliphatic heterocycles. The van der Waals surface area contributed by atoms with Crippen molar-refractivity contribution >= 4 is 22.6 Å². The predicted molar refractivity (Wildman–Crippen MR) is 116 cm³/mol. The molecule has 1 amide bonds. The van der Waals surface area contributed by atoms with E-state index in [1.165, 1.54) is 6.07 Å². The fourth-order valence-electron chi connectivity index (χ4n) is 3.59. The van der Waals surface area contributed by atoms with Crippen LogP contribution < -0.4 is 16.6 Å². The van der Waals surface area contributed by atoms with E-state index in [2.05, 4.69) is 5.32 Å². The molecule has 156 valence electrons. The van der Waals surface area contributed by atoms with E-state index in [0.29, 0.717) is 23.0 Å².